The minimum atomic E-state index is -0.576. The van der Waals surface area contributed by atoms with Crippen LogP contribution in [0, 0.1) is 10.1 Å². The summed E-state index contributed by atoms with van der Waals surface area (Å²) >= 11 is 24.3. The number of nitro groups is 1. The van der Waals surface area contributed by atoms with Crippen LogP contribution in [-0.4, -0.2) is 29.1 Å². The summed E-state index contributed by atoms with van der Waals surface area (Å²) in [5.41, 5.74) is 7.75. The number of anilines is 1. The van der Waals surface area contributed by atoms with Gasteiger partial charge in [-0.25, -0.2) is 9.97 Å². The summed E-state index contributed by atoms with van der Waals surface area (Å²) in [6, 6.07) is 9.17. The first kappa shape index (κ1) is 34.8. The third kappa shape index (κ3) is 8.69. The molecule has 2 N–H and O–H groups in total. The van der Waals surface area contributed by atoms with Crippen LogP contribution in [0.2, 0.25) is 20.1 Å². The molecule has 2 heterocycles. The molecule has 2 aromatic carbocycles. The topological polar surface area (TPSA) is 132 Å². The van der Waals surface area contributed by atoms with Gasteiger partial charge < -0.3 is 24.7 Å². The van der Waals surface area contributed by atoms with Gasteiger partial charge in [0, 0.05) is 28.9 Å². The molecule has 4 aromatic rings. The Morgan fingerprint density at radius 1 is 0.705 bits per heavy atom. The van der Waals surface area contributed by atoms with E-state index in [1.165, 1.54) is 18.3 Å². The fourth-order valence-corrected chi connectivity index (χ4v) is 4.97. The van der Waals surface area contributed by atoms with Crippen LogP contribution in [-0.2, 0) is 0 Å². The van der Waals surface area contributed by atoms with Crippen molar-refractivity contribution in [3.8, 4) is 34.8 Å². The van der Waals surface area contributed by atoms with Crippen LogP contribution in [0.3, 0.4) is 0 Å². The van der Waals surface area contributed by atoms with Gasteiger partial charge in [-0.15, -0.1) is 0 Å². The Balaban J connectivity index is 0.000000241. The molecule has 0 spiro atoms. The Bertz CT molecular complexity index is 1610. The van der Waals surface area contributed by atoms with Crippen LogP contribution in [0.4, 0.5) is 11.4 Å². The lowest BCUT2D eigenvalue weighted by atomic mass is 10.1. The van der Waals surface area contributed by atoms with Gasteiger partial charge in [0.05, 0.1) is 51.6 Å². The second-order valence-electron chi connectivity index (χ2n) is 9.86. The van der Waals surface area contributed by atoms with E-state index in [1.54, 1.807) is 38.6 Å². The molecule has 0 bridgehead atoms. The molecule has 44 heavy (non-hydrogen) atoms. The van der Waals surface area contributed by atoms with E-state index >= 15 is 0 Å². The molecule has 0 aliphatic heterocycles. The number of hydrogen-bond acceptors (Lipinski definition) is 9. The summed E-state index contributed by atoms with van der Waals surface area (Å²) in [5, 5.41) is 11.6. The zero-order valence-electron chi connectivity index (χ0n) is 24.7. The van der Waals surface area contributed by atoms with E-state index in [9.17, 15) is 10.1 Å². The molecule has 0 saturated carbocycles. The maximum Gasteiger partial charge on any atom is 0.272 e. The molecule has 0 amide bonds. The predicted octanol–water partition coefficient (Wildman–Crippen LogP) is 10.1. The second-order valence-corrected chi connectivity index (χ2v) is 11.5. The number of halogens is 4. The average molecular weight is 684 g/mol. The Hall–Kier alpha value is -3.70. The highest BCUT2D eigenvalue weighted by Gasteiger charge is 2.18. The fraction of sp³-hybridized carbons (Fsp3) is 0.267. The van der Waals surface area contributed by atoms with E-state index in [0.29, 0.717) is 44.7 Å². The number of nitrogens with two attached hydrogens (primary N) is 1. The molecule has 0 atom stereocenters. The van der Waals surface area contributed by atoms with Crippen LogP contribution < -0.4 is 24.7 Å². The Labute approximate surface area is 275 Å². The molecule has 10 nitrogen and oxygen atoms in total. The van der Waals surface area contributed by atoms with Crippen LogP contribution in [0.25, 0.3) is 0 Å². The van der Waals surface area contributed by atoms with Crippen molar-refractivity contribution < 1.29 is 23.9 Å². The van der Waals surface area contributed by atoms with E-state index in [-0.39, 0.29) is 33.3 Å². The summed E-state index contributed by atoms with van der Waals surface area (Å²) in [7, 11) is 3.13. The Morgan fingerprint density at radius 3 is 1.39 bits per heavy atom. The van der Waals surface area contributed by atoms with Gasteiger partial charge in [0.1, 0.15) is 11.5 Å². The summed E-state index contributed by atoms with van der Waals surface area (Å²) < 4.78 is 21.9. The highest BCUT2D eigenvalue weighted by Crippen LogP contribution is 2.41. The van der Waals surface area contributed by atoms with E-state index < -0.39 is 4.92 Å². The Kier molecular flexibility index (Phi) is 12.1. The minimum absolute atomic E-state index is 0.0473. The lowest BCUT2D eigenvalue weighted by molar-refractivity contribution is -0.384. The smallest absolute Gasteiger partial charge is 0.272 e. The average Bonchev–Trinajstić information content (AvgIpc) is 2.96. The van der Waals surface area contributed by atoms with Crippen LogP contribution >= 0.6 is 46.4 Å². The Morgan fingerprint density at radius 2 is 1.07 bits per heavy atom. The molecule has 4 rings (SSSR count). The lowest BCUT2D eigenvalue weighted by Crippen LogP contribution is -1.98. The molecule has 0 radical (unpaired) electrons. The number of non-ortho nitro benzene ring substituents is 1. The van der Waals surface area contributed by atoms with Gasteiger partial charge in [0.15, 0.2) is 11.5 Å². The minimum Gasteiger partial charge on any atom is -0.481 e. The molecule has 2 aromatic heterocycles. The van der Waals surface area contributed by atoms with Crippen LogP contribution in [0.15, 0.2) is 48.8 Å². The highest BCUT2D eigenvalue weighted by molar-refractivity contribution is 6.38. The molecular formula is C30H30Cl4N4O6. The zero-order valence-corrected chi connectivity index (χ0v) is 27.7. The standard InChI is InChI=1S/C15H14Cl2N2O4.C15H16Cl2N2O2/c1-8(2)11-6-10(7-18-15(11)22-3)23-14-12(16)4-9(19(20)21)5-13(14)17;1-8(2)11-6-10(7-19-15(11)20-3)21-14-12(16)4-9(18)5-13(14)17/h4-8H,1-3H3;4-8H,18H2,1-3H3. The largest absolute Gasteiger partial charge is 0.481 e. The number of methoxy groups -OCH3 is 2. The second kappa shape index (κ2) is 15.3. The SMILES string of the molecule is COc1ncc(Oc2c(Cl)cc(N)cc2Cl)cc1C(C)C.COc1ncc(Oc2c(Cl)cc([N+](=O)[O-])cc2Cl)cc1C(C)C. The van der Waals surface area contributed by atoms with Gasteiger partial charge in [-0.2, -0.15) is 0 Å². The van der Waals surface area contributed by atoms with E-state index in [4.69, 9.17) is 71.1 Å². The van der Waals surface area contributed by atoms with Crippen molar-refractivity contribution >= 4 is 57.8 Å². The number of ether oxygens (including phenoxy) is 4. The van der Waals surface area contributed by atoms with Gasteiger partial charge in [-0.05, 0) is 36.1 Å². The lowest BCUT2D eigenvalue weighted by Gasteiger charge is -2.14. The third-order valence-electron chi connectivity index (χ3n) is 5.99. The van der Waals surface area contributed by atoms with Gasteiger partial charge in [-0.1, -0.05) is 74.1 Å². The number of nitro benzene ring substituents is 1. The molecule has 234 valence electrons. The van der Waals surface area contributed by atoms with E-state index in [0.717, 1.165) is 11.1 Å². The monoisotopic (exact) mass is 682 g/mol. The fourth-order valence-electron chi connectivity index (χ4n) is 3.84. The van der Waals surface area contributed by atoms with Gasteiger partial charge in [-0.3, -0.25) is 10.1 Å². The van der Waals surface area contributed by atoms with Crippen molar-refractivity contribution in [1.29, 1.82) is 0 Å². The van der Waals surface area contributed by atoms with Gasteiger partial charge in [0.2, 0.25) is 11.8 Å². The summed E-state index contributed by atoms with van der Waals surface area (Å²) in [6.45, 7) is 8.09. The van der Waals surface area contributed by atoms with Crippen molar-refractivity contribution in [2.24, 2.45) is 0 Å². The predicted molar refractivity (Wildman–Crippen MR) is 174 cm³/mol. The van der Waals surface area contributed by atoms with Crippen LogP contribution in [0.5, 0.6) is 34.8 Å². The quantitative estimate of drug-likeness (QED) is 0.104. The number of hydrogen-bond donors (Lipinski definition) is 1. The third-order valence-corrected chi connectivity index (χ3v) is 7.12. The van der Waals surface area contributed by atoms with E-state index in [2.05, 4.69) is 9.97 Å². The zero-order chi connectivity index (χ0) is 32.7. The maximum absolute atomic E-state index is 10.8. The molecule has 0 unspecified atom stereocenters. The first-order valence-electron chi connectivity index (χ1n) is 13.1. The first-order valence-corrected chi connectivity index (χ1v) is 14.6. The number of aromatic nitrogens is 2. The molecule has 0 fully saturated rings. The molecule has 0 aliphatic carbocycles. The summed E-state index contributed by atoms with van der Waals surface area (Å²) in [5.74, 6) is 2.94. The maximum atomic E-state index is 10.8. The number of rotatable bonds is 9. The van der Waals surface area contributed by atoms with Crippen molar-refractivity contribution in [2.75, 3.05) is 20.0 Å². The molecule has 14 heteroatoms. The van der Waals surface area contributed by atoms with Crippen molar-refractivity contribution in [3.63, 3.8) is 0 Å². The van der Waals surface area contributed by atoms with Gasteiger partial charge in [0.25, 0.3) is 5.69 Å². The van der Waals surface area contributed by atoms with Crippen molar-refractivity contribution in [2.45, 2.75) is 39.5 Å². The van der Waals surface area contributed by atoms with Crippen LogP contribution in [0.1, 0.15) is 50.7 Å². The number of nitrogens with zero attached hydrogens (tertiary/aromatic N) is 3. The molecular weight excluding hydrogens is 654 g/mol. The summed E-state index contributed by atoms with van der Waals surface area (Å²) in [6.07, 6.45) is 3.03. The normalized spacial score (nSPS) is 10.7. The highest BCUT2D eigenvalue weighted by atomic mass is 35.5. The van der Waals surface area contributed by atoms with Crippen molar-refractivity contribution in [3.05, 3.63) is 90.1 Å². The van der Waals surface area contributed by atoms with Crippen molar-refractivity contribution in [1.82, 2.24) is 9.97 Å². The first-order chi connectivity index (χ1) is 20.7. The molecule has 0 saturated heterocycles. The van der Waals surface area contributed by atoms with E-state index in [1.807, 2.05) is 33.8 Å². The molecule has 0 aliphatic rings. The van der Waals surface area contributed by atoms with Gasteiger partial charge >= 0.3 is 0 Å². The number of benzene rings is 2. The number of nitrogen functional groups attached to an aromatic ring is 1. The number of pyridine rings is 2. The summed E-state index contributed by atoms with van der Waals surface area (Å²) in [4.78, 5) is 18.6.